The van der Waals surface area contributed by atoms with Gasteiger partial charge in [-0.3, -0.25) is 18.4 Å². The van der Waals surface area contributed by atoms with Gasteiger partial charge in [-0.25, -0.2) is 9.97 Å². The van der Waals surface area contributed by atoms with Crippen LogP contribution in [0.3, 0.4) is 0 Å². The Bertz CT molecular complexity index is 2360. The fourth-order valence-corrected chi connectivity index (χ4v) is 5.87. The van der Waals surface area contributed by atoms with E-state index in [4.69, 9.17) is 19.4 Å². The average Bonchev–Trinajstić information content (AvgIpc) is 3.50. The highest BCUT2D eigenvalue weighted by atomic mass is 16.5. The zero-order chi connectivity index (χ0) is 25.7. The summed E-state index contributed by atoms with van der Waals surface area (Å²) in [4.78, 5) is 37.4. The van der Waals surface area contributed by atoms with E-state index < -0.39 is 0 Å². The zero-order valence-electron chi connectivity index (χ0n) is 20.6. The Morgan fingerprint density at radius 2 is 1.13 bits per heavy atom. The van der Waals surface area contributed by atoms with E-state index in [-0.39, 0.29) is 11.1 Å². The van der Waals surface area contributed by atoms with E-state index in [9.17, 15) is 9.59 Å². The van der Waals surface area contributed by atoms with E-state index in [0.717, 1.165) is 27.1 Å². The van der Waals surface area contributed by atoms with Gasteiger partial charge in [0.1, 0.15) is 22.8 Å². The van der Waals surface area contributed by atoms with Crippen LogP contribution in [0, 0.1) is 0 Å². The third kappa shape index (κ3) is 2.53. The summed E-state index contributed by atoms with van der Waals surface area (Å²) >= 11 is 0. The molecule has 0 saturated heterocycles. The molecule has 0 radical (unpaired) electrons. The molecular formula is C30H20N4O4. The maximum Gasteiger partial charge on any atom is 0.264 e. The van der Waals surface area contributed by atoms with Crippen LogP contribution in [-0.4, -0.2) is 32.0 Å². The van der Waals surface area contributed by atoms with Crippen LogP contribution in [0.5, 0.6) is 11.5 Å². The van der Waals surface area contributed by atoms with E-state index in [1.54, 1.807) is 8.80 Å². The Labute approximate surface area is 214 Å². The first-order valence-electron chi connectivity index (χ1n) is 12.6. The highest BCUT2D eigenvalue weighted by molar-refractivity contribution is 6.27. The molecule has 0 aliphatic rings. The van der Waals surface area contributed by atoms with Crippen molar-refractivity contribution in [1.82, 2.24) is 18.8 Å². The molecule has 0 N–H and O–H groups in total. The Kier molecular flexibility index (Phi) is 4.05. The van der Waals surface area contributed by atoms with Crippen molar-refractivity contribution in [3.05, 3.63) is 81.4 Å². The van der Waals surface area contributed by atoms with E-state index in [1.807, 2.05) is 74.5 Å². The first-order valence-corrected chi connectivity index (χ1v) is 12.6. The van der Waals surface area contributed by atoms with Crippen LogP contribution >= 0.6 is 0 Å². The molecule has 0 bridgehead atoms. The standard InChI is InChI=1S/C30H20N4O4/c1-3-37-15-6-12-23-22(13-15)32-28-18-8-10-20-25-17(7-9-19(26(18)25)29(35)33(23)28)27-31-21-11-5-16(38-4-2)14-24(21)34(27)30(20)36/h5-14H,3-4H2,1-2H3. The molecule has 38 heavy (non-hydrogen) atoms. The van der Waals surface area contributed by atoms with Crippen LogP contribution in [-0.2, 0) is 0 Å². The van der Waals surface area contributed by atoms with Crippen molar-refractivity contribution in [2.24, 2.45) is 0 Å². The Morgan fingerprint density at radius 1 is 0.605 bits per heavy atom. The number of benzene rings is 4. The van der Waals surface area contributed by atoms with Crippen molar-refractivity contribution in [3.8, 4) is 11.5 Å². The van der Waals surface area contributed by atoms with Crippen LogP contribution < -0.4 is 20.6 Å². The second-order valence-corrected chi connectivity index (χ2v) is 9.39. The molecule has 0 unspecified atom stereocenters. The summed E-state index contributed by atoms with van der Waals surface area (Å²) in [5.41, 5.74) is 3.56. The lowest BCUT2D eigenvalue weighted by atomic mass is 9.96. The third-order valence-electron chi connectivity index (χ3n) is 7.38. The molecule has 0 saturated carbocycles. The van der Waals surface area contributed by atoms with Crippen molar-refractivity contribution in [2.75, 3.05) is 13.2 Å². The van der Waals surface area contributed by atoms with Crippen LogP contribution in [0.1, 0.15) is 13.8 Å². The molecule has 4 aromatic carbocycles. The maximum atomic E-state index is 13.9. The lowest BCUT2D eigenvalue weighted by Crippen LogP contribution is -2.16. The normalized spacial score (nSPS) is 12.4. The average molecular weight is 501 g/mol. The molecule has 4 heterocycles. The van der Waals surface area contributed by atoms with Crippen LogP contribution in [0.25, 0.3) is 65.7 Å². The summed E-state index contributed by atoms with van der Waals surface area (Å²) in [7, 11) is 0. The van der Waals surface area contributed by atoms with Gasteiger partial charge in [0.2, 0.25) is 0 Å². The number of aromatic nitrogens is 4. The molecule has 0 fully saturated rings. The van der Waals surface area contributed by atoms with Gasteiger partial charge in [-0.15, -0.1) is 0 Å². The predicted octanol–water partition coefficient (Wildman–Crippen LogP) is 5.14. The topological polar surface area (TPSA) is 87.2 Å². The first-order chi connectivity index (χ1) is 18.6. The summed E-state index contributed by atoms with van der Waals surface area (Å²) in [6, 6.07) is 18.6. The molecule has 8 aromatic rings. The number of hydrogen-bond acceptors (Lipinski definition) is 6. The summed E-state index contributed by atoms with van der Waals surface area (Å²) in [5, 5.41) is 4.16. The van der Waals surface area contributed by atoms with E-state index in [1.165, 1.54) is 0 Å². The molecule has 8 heteroatoms. The van der Waals surface area contributed by atoms with Crippen molar-refractivity contribution in [3.63, 3.8) is 0 Å². The lowest BCUT2D eigenvalue weighted by molar-refractivity contribution is 0.340. The maximum absolute atomic E-state index is 13.9. The number of pyridine rings is 2. The van der Waals surface area contributed by atoms with Gasteiger partial charge in [-0.05, 0) is 62.4 Å². The number of rotatable bonds is 4. The molecule has 0 spiro atoms. The third-order valence-corrected chi connectivity index (χ3v) is 7.38. The highest BCUT2D eigenvalue weighted by Crippen LogP contribution is 2.37. The largest absolute Gasteiger partial charge is 0.494 e. The van der Waals surface area contributed by atoms with E-state index in [2.05, 4.69) is 0 Å². The number of hydrogen-bond donors (Lipinski definition) is 0. The molecule has 0 atom stereocenters. The van der Waals surface area contributed by atoms with Crippen molar-refractivity contribution < 1.29 is 9.47 Å². The van der Waals surface area contributed by atoms with Gasteiger partial charge < -0.3 is 9.47 Å². The Morgan fingerprint density at radius 3 is 1.76 bits per heavy atom. The van der Waals surface area contributed by atoms with Gasteiger partial charge in [0.05, 0.1) is 35.3 Å². The van der Waals surface area contributed by atoms with Gasteiger partial charge in [-0.1, -0.05) is 0 Å². The van der Waals surface area contributed by atoms with Crippen LogP contribution in [0.4, 0.5) is 0 Å². The summed E-state index contributed by atoms with van der Waals surface area (Å²) in [6.45, 7) is 4.92. The summed E-state index contributed by atoms with van der Waals surface area (Å²) in [6.07, 6.45) is 0. The summed E-state index contributed by atoms with van der Waals surface area (Å²) in [5.74, 6) is 1.39. The fourth-order valence-electron chi connectivity index (χ4n) is 5.87. The molecule has 0 amide bonds. The Hall–Kier alpha value is -4.98. The minimum atomic E-state index is -0.180. The highest BCUT2D eigenvalue weighted by Gasteiger charge is 2.22. The van der Waals surface area contributed by atoms with Crippen LogP contribution in [0.2, 0.25) is 0 Å². The number of nitrogens with zero attached hydrogens (tertiary/aromatic N) is 4. The SMILES string of the molecule is CCOc1ccc2c(c1)nc1c3ccc4c(=O)n5c6cc(OCC)ccc6nc5c5ccc(c(=O)n21)c3c45. The molecule has 0 aliphatic heterocycles. The van der Waals surface area contributed by atoms with E-state index in [0.29, 0.717) is 63.3 Å². The van der Waals surface area contributed by atoms with Gasteiger partial charge >= 0.3 is 0 Å². The Balaban J connectivity index is 1.55. The number of ether oxygens (including phenoxy) is 2. The molecular weight excluding hydrogens is 480 g/mol. The zero-order valence-corrected chi connectivity index (χ0v) is 20.6. The molecule has 8 rings (SSSR count). The van der Waals surface area contributed by atoms with E-state index >= 15 is 0 Å². The minimum Gasteiger partial charge on any atom is -0.494 e. The number of fused-ring (bicyclic) bond motifs is 8. The number of imidazole rings is 2. The van der Waals surface area contributed by atoms with Crippen molar-refractivity contribution in [1.29, 1.82) is 0 Å². The van der Waals surface area contributed by atoms with Crippen molar-refractivity contribution >= 4 is 65.7 Å². The smallest absolute Gasteiger partial charge is 0.264 e. The predicted molar refractivity (Wildman–Crippen MR) is 149 cm³/mol. The second-order valence-electron chi connectivity index (χ2n) is 9.39. The second kappa shape index (κ2) is 7.29. The molecule has 0 aliphatic carbocycles. The fraction of sp³-hybridized carbons (Fsp3) is 0.133. The summed E-state index contributed by atoms with van der Waals surface area (Å²) < 4.78 is 14.6. The van der Waals surface area contributed by atoms with Crippen molar-refractivity contribution in [2.45, 2.75) is 13.8 Å². The monoisotopic (exact) mass is 500 g/mol. The lowest BCUT2D eigenvalue weighted by Gasteiger charge is -2.12. The van der Waals surface area contributed by atoms with Gasteiger partial charge in [-0.2, -0.15) is 0 Å². The molecule has 8 nitrogen and oxygen atoms in total. The van der Waals surface area contributed by atoms with Crippen LogP contribution in [0.15, 0.2) is 70.3 Å². The van der Waals surface area contributed by atoms with Gasteiger partial charge in [0.15, 0.2) is 0 Å². The van der Waals surface area contributed by atoms with Gasteiger partial charge in [0, 0.05) is 44.5 Å². The molecule has 184 valence electrons. The quantitative estimate of drug-likeness (QED) is 0.311. The first kappa shape index (κ1) is 21.1. The molecule has 4 aromatic heterocycles. The van der Waals surface area contributed by atoms with Gasteiger partial charge in [0.25, 0.3) is 11.1 Å². The minimum absolute atomic E-state index is 0.171.